The number of pyridine rings is 1. The third kappa shape index (κ3) is 4.73. The maximum Gasteiger partial charge on any atom is 0.257 e. The second kappa shape index (κ2) is 9.83. The van der Waals surface area contributed by atoms with Crippen LogP contribution in [0.4, 0.5) is 0 Å². The van der Waals surface area contributed by atoms with Gasteiger partial charge in [-0.25, -0.2) is 0 Å². The molecule has 7 nitrogen and oxygen atoms in total. The van der Waals surface area contributed by atoms with Crippen LogP contribution in [0.3, 0.4) is 0 Å². The molecule has 1 saturated heterocycles. The van der Waals surface area contributed by atoms with Gasteiger partial charge >= 0.3 is 0 Å². The molecule has 33 heavy (non-hydrogen) atoms. The lowest BCUT2D eigenvalue weighted by Gasteiger charge is -2.41. The maximum absolute atomic E-state index is 13.3. The minimum absolute atomic E-state index is 0.142. The number of amides is 2. The van der Waals surface area contributed by atoms with E-state index in [0.29, 0.717) is 24.3 Å². The number of ether oxygens (including phenoxy) is 2. The van der Waals surface area contributed by atoms with E-state index in [1.54, 1.807) is 42.5 Å². The van der Waals surface area contributed by atoms with Gasteiger partial charge in [0.1, 0.15) is 5.75 Å². The Morgan fingerprint density at radius 2 is 1.88 bits per heavy atom. The fraction of sp³-hybridized carbons (Fsp3) is 0.269. The minimum atomic E-state index is -1.19. The molecule has 1 aromatic heterocycles. The normalized spacial score (nSPS) is 17.9. The summed E-state index contributed by atoms with van der Waals surface area (Å²) < 4.78 is 11.5. The summed E-state index contributed by atoms with van der Waals surface area (Å²) in [5.41, 5.74) is 2.28. The molecule has 2 heterocycles. The number of carbonyl (C=O) groups is 2. The summed E-state index contributed by atoms with van der Waals surface area (Å²) in [6, 6.07) is 19.0. The Morgan fingerprint density at radius 1 is 1.09 bits per heavy atom. The number of nitrogens with zero attached hydrogens (tertiary/aromatic N) is 2. The van der Waals surface area contributed by atoms with Gasteiger partial charge in [-0.15, -0.1) is 0 Å². The van der Waals surface area contributed by atoms with Crippen LogP contribution in [0.1, 0.15) is 15.9 Å². The molecule has 0 spiro atoms. The number of carbonyl (C=O) groups excluding carboxylic acids is 2. The van der Waals surface area contributed by atoms with Crippen LogP contribution in [-0.4, -0.2) is 61.2 Å². The first-order valence-electron chi connectivity index (χ1n) is 10.8. The summed E-state index contributed by atoms with van der Waals surface area (Å²) in [6.45, 7) is 0.800. The lowest BCUT2D eigenvalue weighted by Crippen LogP contribution is -2.61. The third-order valence-corrected chi connectivity index (χ3v) is 5.88. The van der Waals surface area contributed by atoms with E-state index in [1.807, 2.05) is 42.5 Å². The Labute approximate surface area is 193 Å². The van der Waals surface area contributed by atoms with Crippen molar-refractivity contribution in [3.63, 3.8) is 0 Å². The van der Waals surface area contributed by atoms with Gasteiger partial charge in [0.05, 0.1) is 25.8 Å². The van der Waals surface area contributed by atoms with Gasteiger partial charge in [0.25, 0.3) is 11.8 Å². The predicted molar refractivity (Wildman–Crippen MR) is 125 cm³/mol. The molecule has 170 valence electrons. The van der Waals surface area contributed by atoms with Gasteiger partial charge in [0.15, 0.2) is 5.60 Å². The minimum Gasteiger partial charge on any atom is -0.496 e. The predicted octanol–water partition coefficient (Wildman–Crippen LogP) is 2.96. The highest BCUT2D eigenvalue weighted by Gasteiger charge is 2.45. The Morgan fingerprint density at radius 3 is 2.64 bits per heavy atom. The van der Waals surface area contributed by atoms with Gasteiger partial charge < -0.3 is 19.7 Å². The number of para-hydroxylation sites is 1. The standard InChI is InChI=1S/C26H27N3O4/c1-27-25(31)26(17-19-6-5-7-21(16-19)20-10-12-28-13-11-20)18-29(14-15-33-26)24(30)22-8-3-4-9-23(22)32-2/h3-13,16H,14-15,17-18H2,1-2H3,(H,27,31)/t26-/m1/s1. The average molecular weight is 446 g/mol. The van der Waals surface area contributed by atoms with Gasteiger partial charge in [0, 0.05) is 32.4 Å². The molecule has 4 rings (SSSR count). The van der Waals surface area contributed by atoms with Gasteiger partial charge in [-0.05, 0) is 41.0 Å². The van der Waals surface area contributed by atoms with Crippen molar-refractivity contribution in [3.8, 4) is 16.9 Å². The van der Waals surface area contributed by atoms with E-state index < -0.39 is 5.60 Å². The summed E-state index contributed by atoms with van der Waals surface area (Å²) in [5, 5.41) is 2.73. The number of nitrogens with one attached hydrogen (secondary N) is 1. The molecule has 0 saturated carbocycles. The van der Waals surface area contributed by atoms with Crippen molar-refractivity contribution in [1.82, 2.24) is 15.2 Å². The second-order valence-corrected chi connectivity index (χ2v) is 7.96. The Kier molecular flexibility index (Phi) is 6.70. The SMILES string of the molecule is CNC(=O)[C@@]1(Cc2cccc(-c3ccncc3)c2)CN(C(=O)c2ccccc2OC)CCO1. The topological polar surface area (TPSA) is 80.8 Å². The first-order valence-corrected chi connectivity index (χ1v) is 10.8. The zero-order valence-electron chi connectivity index (χ0n) is 18.8. The molecule has 2 aromatic carbocycles. The quantitative estimate of drug-likeness (QED) is 0.631. The molecular formula is C26H27N3O4. The summed E-state index contributed by atoms with van der Waals surface area (Å²) in [6.07, 6.45) is 3.83. The number of methoxy groups -OCH3 is 1. The lowest BCUT2D eigenvalue weighted by molar-refractivity contribution is -0.156. The van der Waals surface area contributed by atoms with E-state index in [0.717, 1.165) is 16.7 Å². The Balaban J connectivity index is 1.63. The highest BCUT2D eigenvalue weighted by Crippen LogP contribution is 2.29. The van der Waals surface area contributed by atoms with E-state index in [2.05, 4.69) is 10.3 Å². The third-order valence-electron chi connectivity index (χ3n) is 5.88. The van der Waals surface area contributed by atoms with Crippen LogP contribution in [0.2, 0.25) is 0 Å². The van der Waals surface area contributed by atoms with Gasteiger partial charge in [-0.3, -0.25) is 14.6 Å². The zero-order valence-corrected chi connectivity index (χ0v) is 18.8. The van der Waals surface area contributed by atoms with Gasteiger partial charge in [-0.2, -0.15) is 0 Å². The van der Waals surface area contributed by atoms with Crippen molar-refractivity contribution in [2.75, 3.05) is 33.9 Å². The van der Waals surface area contributed by atoms with E-state index in [9.17, 15) is 9.59 Å². The highest BCUT2D eigenvalue weighted by atomic mass is 16.5. The lowest BCUT2D eigenvalue weighted by atomic mass is 9.89. The number of aromatic nitrogens is 1. The van der Waals surface area contributed by atoms with Crippen molar-refractivity contribution in [2.45, 2.75) is 12.0 Å². The molecule has 1 fully saturated rings. The van der Waals surface area contributed by atoms with E-state index in [1.165, 1.54) is 7.11 Å². The number of rotatable bonds is 6. The van der Waals surface area contributed by atoms with Crippen LogP contribution >= 0.6 is 0 Å². The molecule has 0 unspecified atom stereocenters. The molecule has 7 heteroatoms. The van der Waals surface area contributed by atoms with Crippen molar-refractivity contribution in [2.24, 2.45) is 0 Å². The maximum atomic E-state index is 13.3. The molecule has 0 bridgehead atoms. The number of benzene rings is 2. The first-order chi connectivity index (χ1) is 16.1. The monoisotopic (exact) mass is 445 g/mol. The number of morpholine rings is 1. The number of hydrogen-bond donors (Lipinski definition) is 1. The summed E-state index contributed by atoms with van der Waals surface area (Å²) in [4.78, 5) is 32.1. The van der Waals surface area contributed by atoms with Gasteiger partial charge in [-0.1, -0.05) is 36.4 Å². The zero-order chi connectivity index (χ0) is 23.3. The number of likely N-dealkylation sites (N-methyl/N-ethyl adjacent to an activating group) is 1. The molecule has 0 aliphatic carbocycles. The van der Waals surface area contributed by atoms with E-state index in [4.69, 9.17) is 9.47 Å². The van der Waals surface area contributed by atoms with Crippen molar-refractivity contribution < 1.29 is 19.1 Å². The fourth-order valence-corrected chi connectivity index (χ4v) is 4.24. The Hall–Kier alpha value is -3.71. The molecular weight excluding hydrogens is 418 g/mol. The van der Waals surface area contributed by atoms with Crippen LogP contribution in [-0.2, 0) is 16.0 Å². The second-order valence-electron chi connectivity index (χ2n) is 7.96. The summed E-state index contributed by atoms with van der Waals surface area (Å²) in [5.74, 6) is 0.0634. The molecule has 3 aromatic rings. The smallest absolute Gasteiger partial charge is 0.257 e. The molecule has 1 N–H and O–H groups in total. The average Bonchev–Trinajstić information content (AvgIpc) is 2.88. The van der Waals surface area contributed by atoms with Gasteiger partial charge in [0.2, 0.25) is 0 Å². The van der Waals surface area contributed by atoms with Crippen LogP contribution in [0.5, 0.6) is 5.75 Å². The van der Waals surface area contributed by atoms with Crippen molar-refractivity contribution in [3.05, 3.63) is 84.2 Å². The van der Waals surface area contributed by atoms with Crippen LogP contribution in [0.15, 0.2) is 73.1 Å². The van der Waals surface area contributed by atoms with Crippen LogP contribution < -0.4 is 10.1 Å². The molecule has 0 radical (unpaired) electrons. The van der Waals surface area contributed by atoms with Crippen LogP contribution in [0, 0.1) is 0 Å². The molecule has 1 atom stereocenters. The first kappa shape index (κ1) is 22.5. The number of hydrogen-bond acceptors (Lipinski definition) is 5. The molecule has 2 amide bonds. The van der Waals surface area contributed by atoms with Crippen molar-refractivity contribution >= 4 is 11.8 Å². The molecule has 1 aliphatic heterocycles. The van der Waals surface area contributed by atoms with Crippen molar-refractivity contribution in [1.29, 1.82) is 0 Å². The summed E-state index contributed by atoms with van der Waals surface area (Å²) in [7, 11) is 3.12. The largest absolute Gasteiger partial charge is 0.496 e. The molecule has 1 aliphatic rings. The fourth-order valence-electron chi connectivity index (χ4n) is 4.24. The highest BCUT2D eigenvalue weighted by molar-refractivity contribution is 5.97. The van der Waals surface area contributed by atoms with Crippen LogP contribution in [0.25, 0.3) is 11.1 Å². The summed E-state index contributed by atoms with van der Waals surface area (Å²) >= 11 is 0. The van der Waals surface area contributed by atoms with E-state index in [-0.39, 0.29) is 25.0 Å². The Bertz CT molecular complexity index is 1140. The van der Waals surface area contributed by atoms with E-state index >= 15 is 0 Å².